The van der Waals surface area contributed by atoms with E-state index >= 15 is 0 Å². The Morgan fingerprint density at radius 1 is 1.38 bits per heavy atom. The number of anilines is 1. The summed E-state index contributed by atoms with van der Waals surface area (Å²) in [7, 11) is 0. The van der Waals surface area contributed by atoms with Crippen LogP contribution in [0.1, 0.15) is 32.4 Å². The highest BCUT2D eigenvalue weighted by atomic mass is 16.5. The summed E-state index contributed by atoms with van der Waals surface area (Å²) in [6.45, 7) is 9.64. The summed E-state index contributed by atoms with van der Waals surface area (Å²) in [6, 6.07) is 0. The van der Waals surface area contributed by atoms with Crippen molar-refractivity contribution in [2.75, 3.05) is 25.1 Å². The van der Waals surface area contributed by atoms with Gasteiger partial charge in [-0.3, -0.25) is 0 Å². The molecule has 0 unspecified atom stereocenters. The zero-order valence-electron chi connectivity index (χ0n) is 10.6. The van der Waals surface area contributed by atoms with Crippen molar-refractivity contribution in [3.8, 4) is 0 Å². The van der Waals surface area contributed by atoms with Gasteiger partial charge in [-0.05, 0) is 20.3 Å². The average Bonchev–Trinajstić information content (AvgIpc) is 2.59. The number of aromatic nitrogens is 2. The topological polar surface area (TPSA) is 39.1 Å². The van der Waals surface area contributed by atoms with Gasteiger partial charge in [-0.1, -0.05) is 13.3 Å². The fourth-order valence-corrected chi connectivity index (χ4v) is 1.53. The van der Waals surface area contributed by atoms with Gasteiger partial charge >= 0.3 is 0 Å². The van der Waals surface area contributed by atoms with Crippen LogP contribution >= 0.6 is 0 Å². The van der Waals surface area contributed by atoms with Crippen LogP contribution in [0.3, 0.4) is 0 Å². The van der Waals surface area contributed by atoms with E-state index in [0.29, 0.717) is 0 Å². The molecule has 0 atom stereocenters. The molecule has 1 rings (SSSR count). The number of unbranched alkanes of at least 4 members (excludes halogenated alkanes) is 1. The van der Waals surface area contributed by atoms with Crippen LogP contribution in [-0.4, -0.2) is 29.3 Å². The minimum Gasteiger partial charge on any atom is -0.380 e. The summed E-state index contributed by atoms with van der Waals surface area (Å²) < 4.78 is 7.66. The Balaban J connectivity index is 2.34. The Bertz CT molecular complexity index is 296. The maximum absolute atomic E-state index is 5.54. The second kappa shape index (κ2) is 7.28. The molecule has 0 bridgehead atoms. The molecule has 16 heavy (non-hydrogen) atoms. The minimum atomic E-state index is 0.758. The van der Waals surface area contributed by atoms with Gasteiger partial charge < -0.3 is 14.6 Å². The summed E-state index contributed by atoms with van der Waals surface area (Å²) in [5, 5.41) is 3.25. The third kappa shape index (κ3) is 4.23. The van der Waals surface area contributed by atoms with Crippen LogP contribution in [0, 0.1) is 6.92 Å². The molecule has 4 nitrogen and oxygen atoms in total. The number of ether oxygens (including phenoxy) is 1. The van der Waals surface area contributed by atoms with E-state index < -0.39 is 0 Å². The Morgan fingerprint density at radius 3 is 2.88 bits per heavy atom. The Morgan fingerprint density at radius 2 is 2.19 bits per heavy atom. The van der Waals surface area contributed by atoms with Gasteiger partial charge in [-0.15, -0.1) is 0 Å². The van der Waals surface area contributed by atoms with Crippen LogP contribution in [0.25, 0.3) is 0 Å². The van der Waals surface area contributed by atoms with Crippen molar-refractivity contribution >= 4 is 5.95 Å². The van der Waals surface area contributed by atoms with E-state index in [1.807, 2.05) is 6.92 Å². The van der Waals surface area contributed by atoms with Crippen molar-refractivity contribution < 1.29 is 4.74 Å². The summed E-state index contributed by atoms with van der Waals surface area (Å²) in [5.74, 6) is 0.944. The molecule has 0 spiro atoms. The lowest BCUT2D eigenvalue weighted by atomic mass is 10.4. The molecule has 1 aromatic heterocycles. The van der Waals surface area contributed by atoms with Crippen molar-refractivity contribution in [1.29, 1.82) is 0 Å². The third-order valence-electron chi connectivity index (χ3n) is 2.35. The van der Waals surface area contributed by atoms with Crippen LogP contribution in [-0.2, 0) is 11.3 Å². The van der Waals surface area contributed by atoms with Gasteiger partial charge in [0.1, 0.15) is 0 Å². The molecule has 0 saturated heterocycles. The average molecular weight is 225 g/mol. The van der Waals surface area contributed by atoms with Crippen molar-refractivity contribution in [1.82, 2.24) is 9.55 Å². The van der Waals surface area contributed by atoms with Crippen LogP contribution in [0.2, 0.25) is 0 Å². The van der Waals surface area contributed by atoms with E-state index in [1.54, 1.807) is 0 Å². The zero-order chi connectivity index (χ0) is 11.8. The fraction of sp³-hybridized carbons (Fsp3) is 0.750. The summed E-state index contributed by atoms with van der Waals surface area (Å²) in [6.07, 6.45) is 4.39. The first kappa shape index (κ1) is 13.0. The molecule has 0 fully saturated rings. The Labute approximate surface area is 98.0 Å². The normalized spacial score (nSPS) is 10.7. The molecule has 0 amide bonds. The number of nitrogens with zero attached hydrogens (tertiary/aromatic N) is 2. The summed E-state index contributed by atoms with van der Waals surface area (Å²) in [5.41, 5.74) is 1.05. The van der Waals surface area contributed by atoms with Gasteiger partial charge in [0.25, 0.3) is 0 Å². The molecule has 1 N–H and O–H groups in total. The largest absolute Gasteiger partial charge is 0.380 e. The molecule has 1 aromatic rings. The zero-order valence-corrected chi connectivity index (χ0v) is 10.6. The summed E-state index contributed by atoms with van der Waals surface area (Å²) in [4.78, 5) is 4.41. The van der Waals surface area contributed by atoms with E-state index in [2.05, 4.69) is 34.9 Å². The van der Waals surface area contributed by atoms with Gasteiger partial charge in [0.15, 0.2) is 0 Å². The second-order valence-electron chi connectivity index (χ2n) is 3.90. The lowest BCUT2D eigenvalue weighted by Gasteiger charge is -2.08. The number of hydrogen-bond donors (Lipinski definition) is 1. The molecule has 0 radical (unpaired) electrons. The first-order chi connectivity index (χ1) is 7.77. The van der Waals surface area contributed by atoms with Crippen molar-refractivity contribution in [2.24, 2.45) is 0 Å². The molecule has 0 aliphatic heterocycles. The number of aryl methyl sites for hydroxylation is 1. The maximum Gasteiger partial charge on any atom is 0.203 e. The fourth-order valence-electron chi connectivity index (χ4n) is 1.53. The number of nitrogens with one attached hydrogen (secondary N) is 1. The van der Waals surface area contributed by atoms with Gasteiger partial charge in [0.2, 0.25) is 5.95 Å². The quantitative estimate of drug-likeness (QED) is 0.691. The van der Waals surface area contributed by atoms with E-state index in [4.69, 9.17) is 4.74 Å². The molecule has 0 aromatic carbocycles. The first-order valence-electron chi connectivity index (χ1n) is 6.13. The SMILES string of the molecule is CCCCOCCn1cc(C)nc1NCC. The molecule has 1 heterocycles. The Hall–Kier alpha value is -1.03. The van der Waals surface area contributed by atoms with Crippen molar-refractivity contribution in [2.45, 2.75) is 40.2 Å². The number of hydrogen-bond acceptors (Lipinski definition) is 3. The number of imidazole rings is 1. The molecule has 0 aliphatic rings. The minimum absolute atomic E-state index is 0.758. The molecular formula is C12H23N3O. The lowest BCUT2D eigenvalue weighted by Crippen LogP contribution is -2.10. The van der Waals surface area contributed by atoms with E-state index in [9.17, 15) is 0 Å². The predicted molar refractivity (Wildman–Crippen MR) is 66.9 cm³/mol. The summed E-state index contributed by atoms with van der Waals surface area (Å²) >= 11 is 0. The highest BCUT2D eigenvalue weighted by Crippen LogP contribution is 2.07. The highest BCUT2D eigenvalue weighted by molar-refractivity contribution is 5.28. The van der Waals surface area contributed by atoms with Gasteiger partial charge in [0.05, 0.1) is 12.3 Å². The van der Waals surface area contributed by atoms with Crippen LogP contribution in [0.15, 0.2) is 6.20 Å². The Kier molecular flexibility index (Phi) is 5.93. The highest BCUT2D eigenvalue weighted by Gasteiger charge is 2.03. The van der Waals surface area contributed by atoms with E-state index in [0.717, 1.165) is 44.4 Å². The van der Waals surface area contributed by atoms with E-state index in [1.165, 1.54) is 6.42 Å². The molecule has 0 saturated carbocycles. The van der Waals surface area contributed by atoms with E-state index in [-0.39, 0.29) is 0 Å². The number of rotatable bonds is 8. The maximum atomic E-state index is 5.54. The molecule has 4 heteroatoms. The van der Waals surface area contributed by atoms with Gasteiger partial charge in [-0.2, -0.15) is 0 Å². The van der Waals surface area contributed by atoms with Crippen molar-refractivity contribution in [3.63, 3.8) is 0 Å². The standard InChI is InChI=1S/C12H23N3O/c1-4-6-8-16-9-7-15-10-11(3)14-12(15)13-5-2/h10H,4-9H2,1-3H3,(H,13,14). The van der Waals surface area contributed by atoms with Gasteiger partial charge in [0, 0.05) is 25.9 Å². The van der Waals surface area contributed by atoms with Crippen molar-refractivity contribution in [3.05, 3.63) is 11.9 Å². The molecule has 92 valence electrons. The first-order valence-corrected chi connectivity index (χ1v) is 6.13. The smallest absolute Gasteiger partial charge is 0.203 e. The second-order valence-corrected chi connectivity index (χ2v) is 3.90. The van der Waals surface area contributed by atoms with Crippen LogP contribution < -0.4 is 5.32 Å². The monoisotopic (exact) mass is 225 g/mol. The van der Waals surface area contributed by atoms with Gasteiger partial charge in [-0.25, -0.2) is 4.98 Å². The van der Waals surface area contributed by atoms with Crippen LogP contribution in [0.5, 0.6) is 0 Å². The third-order valence-corrected chi connectivity index (χ3v) is 2.35. The molecular weight excluding hydrogens is 202 g/mol. The van der Waals surface area contributed by atoms with Crippen LogP contribution in [0.4, 0.5) is 5.95 Å². The molecule has 0 aliphatic carbocycles. The predicted octanol–water partition coefficient (Wildman–Crippen LogP) is 2.44. The lowest BCUT2D eigenvalue weighted by molar-refractivity contribution is 0.124.